The summed E-state index contributed by atoms with van der Waals surface area (Å²) >= 11 is 0. The Hall–Kier alpha value is -1.43. The fraction of sp³-hybridized carbons (Fsp3) is 0.750. The number of carboxylic acids is 1. The van der Waals surface area contributed by atoms with Crippen molar-refractivity contribution in [3.63, 3.8) is 0 Å². The fourth-order valence-electron chi connectivity index (χ4n) is 3.38. The van der Waals surface area contributed by atoms with Crippen molar-refractivity contribution < 1.29 is 24.2 Å². The number of carboxylic acid groups (broad SMARTS) is 1. The van der Waals surface area contributed by atoms with Gasteiger partial charge in [0.05, 0.1) is 24.0 Å². The second kappa shape index (κ2) is 4.05. The molecule has 3 fully saturated rings. The van der Waals surface area contributed by atoms with E-state index in [1.165, 1.54) is 4.90 Å². The molecule has 0 aromatic heterocycles. The minimum absolute atomic E-state index is 0.109. The summed E-state index contributed by atoms with van der Waals surface area (Å²) in [6, 6.07) is 0. The van der Waals surface area contributed by atoms with Crippen LogP contribution in [-0.4, -0.2) is 41.4 Å². The number of fused-ring (bicyclic) bond motifs is 5. The van der Waals surface area contributed by atoms with E-state index in [2.05, 4.69) is 0 Å². The van der Waals surface area contributed by atoms with Crippen LogP contribution in [0.1, 0.15) is 25.7 Å². The number of nitrogens with zero attached hydrogens (tertiary/aromatic N) is 1. The summed E-state index contributed by atoms with van der Waals surface area (Å²) in [5, 5.41) is 10.3. The van der Waals surface area contributed by atoms with Crippen LogP contribution in [0.25, 0.3) is 0 Å². The van der Waals surface area contributed by atoms with Crippen molar-refractivity contribution in [2.24, 2.45) is 11.8 Å². The van der Waals surface area contributed by atoms with Crippen LogP contribution in [0.2, 0.25) is 0 Å². The Morgan fingerprint density at radius 2 is 1.78 bits per heavy atom. The molecule has 3 heterocycles. The normalized spacial score (nSPS) is 37.4. The van der Waals surface area contributed by atoms with Gasteiger partial charge in [-0.25, -0.2) is 0 Å². The zero-order valence-electron chi connectivity index (χ0n) is 9.83. The van der Waals surface area contributed by atoms with Gasteiger partial charge in [-0.1, -0.05) is 0 Å². The topological polar surface area (TPSA) is 86.7 Å². The van der Waals surface area contributed by atoms with Gasteiger partial charge in [0.25, 0.3) is 0 Å². The maximum atomic E-state index is 12.1. The van der Waals surface area contributed by atoms with Crippen LogP contribution in [0.5, 0.6) is 0 Å². The Bertz CT molecular complexity index is 393. The second-order valence-electron chi connectivity index (χ2n) is 5.15. The molecule has 0 aromatic carbocycles. The zero-order chi connectivity index (χ0) is 12.9. The van der Waals surface area contributed by atoms with E-state index < -0.39 is 5.97 Å². The Labute approximate surface area is 104 Å². The van der Waals surface area contributed by atoms with Crippen molar-refractivity contribution in [2.75, 3.05) is 6.54 Å². The molecule has 2 amide bonds. The van der Waals surface area contributed by atoms with Gasteiger partial charge in [0.1, 0.15) is 0 Å². The minimum atomic E-state index is -1.15. The van der Waals surface area contributed by atoms with Gasteiger partial charge in [0.2, 0.25) is 11.8 Å². The molecule has 3 aliphatic heterocycles. The first-order valence-electron chi connectivity index (χ1n) is 6.30. The Balaban J connectivity index is 1.69. The number of aliphatic carboxylic acids is 1. The van der Waals surface area contributed by atoms with Crippen LogP contribution in [0.15, 0.2) is 0 Å². The Kier molecular flexibility index (Phi) is 2.62. The third kappa shape index (κ3) is 1.55. The summed E-state index contributed by atoms with van der Waals surface area (Å²) in [6.45, 7) is 0.179. The molecule has 6 nitrogen and oxygen atoms in total. The van der Waals surface area contributed by atoms with E-state index in [0.717, 1.165) is 12.8 Å². The molecule has 6 heteroatoms. The predicted molar refractivity (Wildman–Crippen MR) is 55.8 cm³/mol. The van der Waals surface area contributed by atoms with E-state index in [-0.39, 0.29) is 55.2 Å². The number of rotatable bonds is 4. The molecule has 3 saturated heterocycles. The molecule has 0 unspecified atom stereocenters. The van der Waals surface area contributed by atoms with Crippen LogP contribution in [0.3, 0.4) is 0 Å². The number of likely N-dealkylation sites (tertiary alicyclic amines) is 1. The zero-order valence-corrected chi connectivity index (χ0v) is 9.83. The first-order chi connectivity index (χ1) is 8.59. The molecule has 98 valence electrons. The number of carbonyl (C=O) groups excluding carboxylic acids is 3. The van der Waals surface area contributed by atoms with Crippen molar-refractivity contribution in [3.8, 4) is 0 Å². The first-order valence-corrected chi connectivity index (χ1v) is 6.30. The molecular weight excluding hydrogens is 238 g/mol. The summed E-state index contributed by atoms with van der Waals surface area (Å²) in [5.41, 5.74) is 0. The molecule has 4 atom stereocenters. The Morgan fingerprint density at radius 1 is 1.22 bits per heavy atom. The van der Waals surface area contributed by atoms with E-state index >= 15 is 0 Å². The minimum Gasteiger partial charge on any atom is -0.550 e. The first kappa shape index (κ1) is 11.6. The van der Waals surface area contributed by atoms with E-state index in [1.54, 1.807) is 0 Å². The standard InChI is InChI=1S/C12H15NO5/c14-8(15)2-1-5-13-11(16)9-6-3-4-7(18-6)10(9)12(13)17/h6-7,9-10H,1-5H2,(H,14,15)/p-1/t6-,7+,9+,10-. The van der Waals surface area contributed by atoms with Crippen molar-refractivity contribution in [1.82, 2.24) is 4.90 Å². The number of hydrogen-bond donors (Lipinski definition) is 0. The highest BCUT2D eigenvalue weighted by atomic mass is 16.5. The average molecular weight is 252 g/mol. The number of carbonyl (C=O) groups is 3. The van der Waals surface area contributed by atoms with Crippen LogP contribution >= 0.6 is 0 Å². The number of amides is 2. The molecule has 18 heavy (non-hydrogen) atoms. The van der Waals surface area contributed by atoms with Crippen molar-refractivity contribution in [2.45, 2.75) is 37.9 Å². The van der Waals surface area contributed by atoms with Crippen LogP contribution in [0.4, 0.5) is 0 Å². The highest BCUT2D eigenvalue weighted by molar-refractivity contribution is 6.06. The molecular formula is C12H14NO5-. The molecule has 3 rings (SSSR count). The van der Waals surface area contributed by atoms with Crippen LogP contribution in [0, 0.1) is 11.8 Å². The van der Waals surface area contributed by atoms with Gasteiger partial charge in [-0.2, -0.15) is 0 Å². The highest BCUT2D eigenvalue weighted by Crippen LogP contribution is 2.48. The maximum absolute atomic E-state index is 12.1. The highest BCUT2D eigenvalue weighted by Gasteiger charge is 2.62. The maximum Gasteiger partial charge on any atom is 0.235 e. The monoisotopic (exact) mass is 252 g/mol. The van der Waals surface area contributed by atoms with Gasteiger partial charge in [-0.15, -0.1) is 0 Å². The third-order valence-corrected chi connectivity index (χ3v) is 4.14. The smallest absolute Gasteiger partial charge is 0.235 e. The van der Waals surface area contributed by atoms with Crippen LogP contribution in [-0.2, 0) is 19.1 Å². The summed E-state index contributed by atoms with van der Waals surface area (Å²) in [6.07, 6.45) is 1.60. The largest absolute Gasteiger partial charge is 0.550 e. The van der Waals surface area contributed by atoms with Crippen molar-refractivity contribution in [3.05, 3.63) is 0 Å². The molecule has 0 N–H and O–H groups in total. The lowest BCUT2D eigenvalue weighted by Crippen LogP contribution is -2.35. The predicted octanol–water partition coefficient (Wildman–Crippen LogP) is -1.32. The van der Waals surface area contributed by atoms with Gasteiger partial charge >= 0.3 is 0 Å². The third-order valence-electron chi connectivity index (χ3n) is 4.14. The summed E-state index contributed by atoms with van der Waals surface area (Å²) in [5.74, 6) is -2.16. The molecule has 0 aliphatic carbocycles. The van der Waals surface area contributed by atoms with Gasteiger partial charge in [0.15, 0.2) is 0 Å². The molecule has 0 saturated carbocycles. The number of ether oxygens (including phenoxy) is 1. The SMILES string of the molecule is O=C([O-])CCCN1C(=O)[C@@H]2[C@H](C1=O)[C@@H]1CC[C@H]2O1. The molecule has 3 aliphatic rings. The molecule has 0 spiro atoms. The van der Waals surface area contributed by atoms with E-state index in [4.69, 9.17) is 4.74 Å². The van der Waals surface area contributed by atoms with E-state index in [9.17, 15) is 19.5 Å². The van der Waals surface area contributed by atoms with Crippen molar-refractivity contribution >= 4 is 17.8 Å². The van der Waals surface area contributed by atoms with E-state index in [1.807, 2.05) is 0 Å². The lowest BCUT2D eigenvalue weighted by Gasteiger charge is -2.17. The molecule has 0 aromatic rings. The van der Waals surface area contributed by atoms with Gasteiger partial charge < -0.3 is 14.6 Å². The van der Waals surface area contributed by atoms with Gasteiger partial charge in [-0.3, -0.25) is 14.5 Å². The van der Waals surface area contributed by atoms with E-state index in [0.29, 0.717) is 0 Å². The van der Waals surface area contributed by atoms with Crippen LogP contribution < -0.4 is 5.11 Å². The average Bonchev–Trinajstić information content (AvgIpc) is 2.97. The second-order valence-corrected chi connectivity index (χ2v) is 5.15. The lowest BCUT2D eigenvalue weighted by atomic mass is 9.81. The summed E-state index contributed by atoms with van der Waals surface area (Å²) in [4.78, 5) is 35.8. The Morgan fingerprint density at radius 3 is 2.28 bits per heavy atom. The lowest BCUT2D eigenvalue weighted by molar-refractivity contribution is -0.305. The molecule has 2 bridgehead atoms. The number of imide groups is 1. The fourth-order valence-corrected chi connectivity index (χ4v) is 3.38. The number of hydrogen-bond acceptors (Lipinski definition) is 5. The summed E-state index contributed by atoms with van der Waals surface area (Å²) in [7, 11) is 0. The molecule has 0 radical (unpaired) electrons. The van der Waals surface area contributed by atoms with Gasteiger partial charge in [0, 0.05) is 12.5 Å². The summed E-state index contributed by atoms with van der Waals surface area (Å²) < 4.78 is 5.60. The quantitative estimate of drug-likeness (QED) is 0.579. The van der Waals surface area contributed by atoms with Gasteiger partial charge in [-0.05, 0) is 25.7 Å². The van der Waals surface area contributed by atoms with Crippen molar-refractivity contribution in [1.29, 1.82) is 0 Å².